The SMILES string of the molecule is CC(O)CCNC1CCc2sc(Cl)cc21. The summed E-state index contributed by atoms with van der Waals surface area (Å²) in [7, 11) is 0. The lowest BCUT2D eigenvalue weighted by molar-refractivity contribution is 0.182. The molecule has 0 radical (unpaired) electrons. The minimum absolute atomic E-state index is 0.218. The van der Waals surface area contributed by atoms with Gasteiger partial charge in [-0.05, 0) is 44.4 Å². The Labute approximate surface area is 99.3 Å². The molecule has 15 heavy (non-hydrogen) atoms. The molecule has 84 valence electrons. The van der Waals surface area contributed by atoms with E-state index in [1.807, 2.05) is 6.92 Å². The van der Waals surface area contributed by atoms with E-state index in [4.69, 9.17) is 16.7 Å². The third-order valence-corrected chi connectivity index (χ3v) is 4.14. The van der Waals surface area contributed by atoms with Gasteiger partial charge in [0.2, 0.25) is 0 Å². The number of aryl methyl sites for hydroxylation is 1. The molecule has 0 saturated heterocycles. The number of halogens is 1. The van der Waals surface area contributed by atoms with Gasteiger partial charge in [0, 0.05) is 10.9 Å². The molecule has 2 N–H and O–H groups in total. The second-order valence-electron chi connectivity index (χ2n) is 4.11. The molecule has 1 aromatic heterocycles. The van der Waals surface area contributed by atoms with Gasteiger partial charge in [-0.3, -0.25) is 0 Å². The Morgan fingerprint density at radius 1 is 1.73 bits per heavy atom. The standard InChI is InChI=1S/C11H16ClNOS/c1-7(14)4-5-13-9-2-3-10-8(9)6-11(12)15-10/h6-7,9,13-14H,2-5H2,1H3. The molecule has 0 saturated carbocycles. The first kappa shape index (κ1) is 11.4. The minimum atomic E-state index is -0.218. The summed E-state index contributed by atoms with van der Waals surface area (Å²) in [6.45, 7) is 2.69. The van der Waals surface area contributed by atoms with Crippen molar-refractivity contribution < 1.29 is 5.11 Å². The van der Waals surface area contributed by atoms with Crippen LogP contribution in [-0.2, 0) is 6.42 Å². The van der Waals surface area contributed by atoms with Gasteiger partial charge in [-0.15, -0.1) is 11.3 Å². The van der Waals surface area contributed by atoms with Crippen molar-refractivity contribution in [3.8, 4) is 0 Å². The van der Waals surface area contributed by atoms with Crippen molar-refractivity contribution in [3.05, 3.63) is 20.8 Å². The van der Waals surface area contributed by atoms with E-state index < -0.39 is 0 Å². The Bertz CT molecular complexity index is 337. The van der Waals surface area contributed by atoms with Gasteiger partial charge in [0.15, 0.2) is 0 Å². The molecule has 0 spiro atoms. The first-order valence-electron chi connectivity index (χ1n) is 5.36. The molecule has 0 aromatic carbocycles. The number of aliphatic hydroxyl groups excluding tert-OH is 1. The fourth-order valence-electron chi connectivity index (χ4n) is 2.01. The molecule has 2 rings (SSSR count). The highest BCUT2D eigenvalue weighted by molar-refractivity contribution is 7.16. The van der Waals surface area contributed by atoms with Crippen molar-refractivity contribution in [2.45, 2.75) is 38.3 Å². The first-order valence-corrected chi connectivity index (χ1v) is 6.56. The second kappa shape index (κ2) is 4.83. The molecule has 1 aliphatic carbocycles. The molecule has 1 aliphatic rings. The Hall–Kier alpha value is -0.0900. The maximum absolute atomic E-state index is 9.17. The van der Waals surface area contributed by atoms with E-state index in [1.165, 1.54) is 10.4 Å². The lowest BCUT2D eigenvalue weighted by Gasteiger charge is -2.13. The Balaban J connectivity index is 1.90. The molecule has 2 nitrogen and oxygen atoms in total. The largest absolute Gasteiger partial charge is 0.393 e. The van der Waals surface area contributed by atoms with Crippen LogP contribution in [0.5, 0.6) is 0 Å². The molecule has 2 unspecified atom stereocenters. The van der Waals surface area contributed by atoms with Gasteiger partial charge in [-0.1, -0.05) is 11.6 Å². The predicted molar refractivity (Wildman–Crippen MR) is 64.7 cm³/mol. The summed E-state index contributed by atoms with van der Waals surface area (Å²) in [5.41, 5.74) is 1.37. The topological polar surface area (TPSA) is 32.3 Å². The summed E-state index contributed by atoms with van der Waals surface area (Å²) in [4.78, 5) is 1.43. The molecule has 4 heteroatoms. The van der Waals surface area contributed by atoms with Crippen molar-refractivity contribution in [1.82, 2.24) is 5.32 Å². The number of hydrogen-bond donors (Lipinski definition) is 2. The Morgan fingerprint density at radius 2 is 2.53 bits per heavy atom. The van der Waals surface area contributed by atoms with Gasteiger partial charge >= 0.3 is 0 Å². The van der Waals surface area contributed by atoms with Crippen LogP contribution < -0.4 is 5.32 Å². The van der Waals surface area contributed by atoms with Crippen molar-refractivity contribution >= 4 is 22.9 Å². The average Bonchev–Trinajstić information content (AvgIpc) is 2.65. The summed E-state index contributed by atoms with van der Waals surface area (Å²) in [6, 6.07) is 2.52. The zero-order chi connectivity index (χ0) is 10.8. The van der Waals surface area contributed by atoms with Crippen LogP contribution in [0.2, 0.25) is 4.34 Å². The molecule has 0 amide bonds. The summed E-state index contributed by atoms with van der Waals surface area (Å²) < 4.78 is 0.891. The molecular weight excluding hydrogens is 230 g/mol. The smallest absolute Gasteiger partial charge is 0.0934 e. The summed E-state index contributed by atoms with van der Waals surface area (Å²) in [6.07, 6.45) is 2.89. The number of nitrogens with one attached hydrogen (secondary N) is 1. The predicted octanol–water partition coefficient (Wildman–Crippen LogP) is 2.75. The third kappa shape index (κ3) is 2.72. The fourth-order valence-corrected chi connectivity index (χ4v) is 3.37. The minimum Gasteiger partial charge on any atom is -0.393 e. The lowest BCUT2D eigenvalue weighted by atomic mass is 10.1. The highest BCUT2D eigenvalue weighted by Crippen LogP contribution is 2.39. The van der Waals surface area contributed by atoms with Gasteiger partial charge in [-0.25, -0.2) is 0 Å². The van der Waals surface area contributed by atoms with E-state index in [-0.39, 0.29) is 6.10 Å². The van der Waals surface area contributed by atoms with Crippen molar-refractivity contribution in [2.24, 2.45) is 0 Å². The number of hydrogen-bond acceptors (Lipinski definition) is 3. The number of thiophene rings is 1. The van der Waals surface area contributed by atoms with Gasteiger partial charge in [-0.2, -0.15) is 0 Å². The molecule has 1 aromatic rings. The van der Waals surface area contributed by atoms with Crippen LogP contribution in [0.1, 0.15) is 36.2 Å². The van der Waals surface area contributed by atoms with Crippen molar-refractivity contribution in [1.29, 1.82) is 0 Å². The van der Waals surface area contributed by atoms with E-state index in [0.717, 1.165) is 30.1 Å². The molecule has 0 aliphatic heterocycles. The normalized spacial score (nSPS) is 21.7. The lowest BCUT2D eigenvalue weighted by Crippen LogP contribution is -2.22. The quantitative estimate of drug-likeness (QED) is 0.855. The van der Waals surface area contributed by atoms with Crippen molar-refractivity contribution in [3.63, 3.8) is 0 Å². The van der Waals surface area contributed by atoms with Gasteiger partial charge in [0.1, 0.15) is 0 Å². The van der Waals surface area contributed by atoms with Gasteiger partial charge < -0.3 is 10.4 Å². The third-order valence-electron chi connectivity index (χ3n) is 2.80. The van der Waals surface area contributed by atoms with Crippen LogP contribution in [0.15, 0.2) is 6.07 Å². The fraction of sp³-hybridized carbons (Fsp3) is 0.636. The number of fused-ring (bicyclic) bond motifs is 1. The van der Waals surface area contributed by atoms with E-state index in [2.05, 4.69) is 11.4 Å². The van der Waals surface area contributed by atoms with Crippen molar-refractivity contribution in [2.75, 3.05) is 6.54 Å². The second-order valence-corrected chi connectivity index (χ2v) is 5.88. The maximum atomic E-state index is 9.17. The average molecular weight is 246 g/mol. The van der Waals surface area contributed by atoms with Gasteiger partial charge in [0.25, 0.3) is 0 Å². The first-order chi connectivity index (χ1) is 7.16. The maximum Gasteiger partial charge on any atom is 0.0934 e. The molecular formula is C11H16ClNOS. The van der Waals surface area contributed by atoms with Crippen LogP contribution >= 0.6 is 22.9 Å². The van der Waals surface area contributed by atoms with E-state index in [1.54, 1.807) is 11.3 Å². The van der Waals surface area contributed by atoms with Crippen LogP contribution in [0, 0.1) is 0 Å². The van der Waals surface area contributed by atoms with E-state index >= 15 is 0 Å². The highest BCUT2D eigenvalue weighted by atomic mass is 35.5. The molecule has 2 atom stereocenters. The van der Waals surface area contributed by atoms with Crippen LogP contribution in [0.25, 0.3) is 0 Å². The summed E-state index contributed by atoms with van der Waals surface area (Å²) in [5, 5.41) is 12.6. The van der Waals surface area contributed by atoms with Gasteiger partial charge in [0.05, 0.1) is 10.4 Å². The summed E-state index contributed by atoms with van der Waals surface area (Å²) >= 11 is 7.68. The molecule has 0 bridgehead atoms. The molecule has 0 fully saturated rings. The monoisotopic (exact) mass is 245 g/mol. The zero-order valence-corrected chi connectivity index (χ0v) is 10.4. The Morgan fingerprint density at radius 3 is 3.27 bits per heavy atom. The Kier molecular flexibility index (Phi) is 3.67. The zero-order valence-electron chi connectivity index (χ0n) is 8.79. The molecule has 1 heterocycles. The summed E-state index contributed by atoms with van der Waals surface area (Å²) in [5.74, 6) is 0. The van der Waals surface area contributed by atoms with Crippen LogP contribution in [0.4, 0.5) is 0 Å². The van der Waals surface area contributed by atoms with E-state index in [0.29, 0.717) is 6.04 Å². The van der Waals surface area contributed by atoms with Crippen LogP contribution in [-0.4, -0.2) is 17.8 Å². The van der Waals surface area contributed by atoms with E-state index in [9.17, 15) is 0 Å². The number of aliphatic hydroxyl groups is 1. The highest BCUT2D eigenvalue weighted by Gasteiger charge is 2.24. The van der Waals surface area contributed by atoms with Crippen LogP contribution in [0.3, 0.4) is 0 Å². The number of rotatable bonds is 4.